The van der Waals surface area contributed by atoms with Gasteiger partial charge in [0.1, 0.15) is 24.0 Å². The zero-order chi connectivity index (χ0) is 14.5. The van der Waals surface area contributed by atoms with Crippen LogP contribution in [0.1, 0.15) is 11.1 Å². The summed E-state index contributed by atoms with van der Waals surface area (Å²) in [7, 11) is 1.79. The molecule has 1 N–H and O–H groups in total. The van der Waals surface area contributed by atoms with E-state index >= 15 is 0 Å². The van der Waals surface area contributed by atoms with Crippen LogP contribution >= 0.6 is 11.6 Å². The molecule has 0 aliphatic heterocycles. The molecule has 0 radical (unpaired) electrons. The summed E-state index contributed by atoms with van der Waals surface area (Å²) in [6.07, 6.45) is 0. The molecule has 0 spiro atoms. The van der Waals surface area contributed by atoms with Gasteiger partial charge in [-0.3, -0.25) is 0 Å². The van der Waals surface area contributed by atoms with Crippen LogP contribution in [0, 0.1) is 11.6 Å². The second-order valence-corrected chi connectivity index (χ2v) is 4.71. The minimum absolute atomic E-state index is 0.0853. The topological polar surface area (TPSA) is 21.3 Å². The van der Waals surface area contributed by atoms with Gasteiger partial charge in [0.2, 0.25) is 0 Å². The van der Waals surface area contributed by atoms with E-state index in [4.69, 9.17) is 16.3 Å². The predicted molar refractivity (Wildman–Crippen MR) is 74.9 cm³/mol. The van der Waals surface area contributed by atoms with Gasteiger partial charge in [0.05, 0.1) is 5.56 Å². The summed E-state index contributed by atoms with van der Waals surface area (Å²) in [4.78, 5) is 0. The number of halogens is 3. The number of ether oxygens (including phenoxy) is 1. The molecule has 0 aromatic heterocycles. The largest absolute Gasteiger partial charge is 0.488 e. The maximum Gasteiger partial charge on any atom is 0.132 e. The van der Waals surface area contributed by atoms with Crippen molar-refractivity contribution in [2.75, 3.05) is 7.05 Å². The highest BCUT2D eigenvalue weighted by molar-refractivity contribution is 6.30. The third-order valence-corrected chi connectivity index (χ3v) is 3.06. The SMILES string of the molecule is CNCc1cc(Cl)ccc1OCc1c(F)cccc1F. The van der Waals surface area contributed by atoms with Crippen molar-refractivity contribution in [3.63, 3.8) is 0 Å². The van der Waals surface area contributed by atoms with Gasteiger partial charge in [0, 0.05) is 17.1 Å². The van der Waals surface area contributed by atoms with E-state index in [1.54, 1.807) is 25.2 Å². The van der Waals surface area contributed by atoms with Crippen LogP contribution in [0.5, 0.6) is 5.75 Å². The van der Waals surface area contributed by atoms with E-state index in [0.717, 1.165) is 5.56 Å². The van der Waals surface area contributed by atoms with Crippen molar-refractivity contribution in [2.24, 2.45) is 0 Å². The van der Waals surface area contributed by atoms with Crippen LogP contribution in [0.3, 0.4) is 0 Å². The summed E-state index contributed by atoms with van der Waals surface area (Å²) < 4.78 is 32.5. The van der Waals surface area contributed by atoms with E-state index in [1.165, 1.54) is 18.2 Å². The van der Waals surface area contributed by atoms with Gasteiger partial charge in [-0.1, -0.05) is 17.7 Å². The first-order valence-corrected chi connectivity index (χ1v) is 6.48. The summed E-state index contributed by atoms with van der Waals surface area (Å²) in [6, 6.07) is 8.85. The first-order chi connectivity index (χ1) is 9.61. The Bertz CT molecular complexity index is 584. The van der Waals surface area contributed by atoms with Crippen molar-refractivity contribution >= 4 is 11.6 Å². The summed E-state index contributed by atoms with van der Waals surface area (Å²) >= 11 is 5.92. The predicted octanol–water partition coefficient (Wildman–Crippen LogP) is 3.92. The lowest BCUT2D eigenvalue weighted by Crippen LogP contribution is -2.08. The van der Waals surface area contributed by atoms with Gasteiger partial charge in [0.25, 0.3) is 0 Å². The van der Waals surface area contributed by atoms with E-state index in [-0.39, 0.29) is 12.2 Å². The normalized spacial score (nSPS) is 10.6. The van der Waals surface area contributed by atoms with E-state index in [0.29, 0.717) is 17.3 Å². The van der Waals surface area contributed by atoms with Crippen LogP contribution in [-0.4, -0.2) is 7.05 Å². The first-order valence-electron chi connectivity index (χ1n) is 6.10. The molecule has 0 amide bonds. The monoisotopic (exact) mass is 297 g/mol. The molecule has 2 nitrogen and oxygen atoms in total. The van der Waals surface area contributed by atoms with Gasteiger partial charge in [0.15, 0.2) is 0 Å². The number of hydrogen-bond acceptors (Lipinski definition) is 2. The van der Waals surface area contributed by atoms with E-state index < -0.39 is 11.6 Å². The third-order valence-electron chi connectivity index (χ3n) is 2.82. The molecule has 5 heteroatoms. The minimum atomic E-state index is -0.617. The highest BCUT2D eigenvalue weighted by Gasteiger charge is 2.10. The molecule has 20 heavy (non-hydrogen) atoms. The fraction of sp³-hybridized carbons (Fsp3) is 0.200. The molecule has 2 aromatic carbocycles. The fourth-order valence-electron chi connectivity index (χ4n) is 1.84. The molecule has 0 saturated carbocycles. The van der Waals surface area contributed by atoms with Crippen molar-refractivity contribution < 1.29 is 13.5 Å². The lowest BCUT2D eigenvalue weighted by molar-refractivity contribution is 0.289. The van der Waals surface area contributed by atoms with Crippen LogP contribution in [0.15, 0.2) is 36.4 Å². The van der Waals surface area contributed by atoms with Crippen LogP contribution in [0.2, 0.25) is 5.02 Å². The van der Waals surface area contributed by atoms with Crippen LogP contribution < -0.4 is 10.1 Å². The number of benzene rings is 2. The van der Waals surface area contributed by atoms with Crippen LogP contribution in [-0.2, 0) is 13.2 Å². The van der Waals surface area contributed by atoms with Gasteiger partial charge in [-0.05, 0) is 37.4 Å². The maximum atomic E-state index is 13.5. The van der Waals surface area contributed by atoms with Crippen molar-refractivity contribution in [3.8, 4) is 5.75 Å². The lowest BCUT2D eigenvalue weighted by Gasteiger charge is -2.12. The number of rotatable bonds is 5. The third kappa shape index (κ3) is 3.46. The van der Waals surface area contributed by atoms with Crippen LogP contribution in [0.25, 0.3) is 0 Å². The summed E-state index contributed by atoms with van der Waals surface area (Å²) in [5.41, 5.74) is 0.745. The lowest BCUT2D eigenvalue weighted by atomic mass is 10.2. The van der Waals surface area contributed by atoms with Crippen LogP contribution in [0.4, 0.5) is 8.78 Å². The molecule has 2 aromatic rings. The Balaban J connectivity index is 2.18. The van der Waals surface area contributed by atoms with Gasteiger partial charge < -0.3 is 10.1 Å². The Morgan fingerprint density at radius 1 is 1.15 bits per heavy atom. The van der Waals surface area contributed by atoms with Gasteiger partial charge >= 0.3 is 0 Å². The average molecular weight is 298 g/mol. The van der Waals surface area contributed by atoms with Crippen molar-refractivity contribution in [1.29, 1.82) is 0 Å². The highest BCUT2D eigenvalue weighted by atomic mass is 35.5. The molecule has 0 saturated heterocycles. The second kappa shape index (κ2) is 6.68. The minimum Gasteiger partial charge on any atom is -0.488 e. The summed E-state index contributed by atoms with van der Waals surface area (Å²) in [5.74, 6) is -0.685. The van der Waals surface area contributed by atoms with E-state index in [1.807, 2.05) is 0 Å². The molecule has 106 valence electrons. The van der Waals surface area contributed by atoms with Crippen molar-refractivity contribution in [3.05, 3.63) is 64.2 Å². The first kappa shape index (κ1) is 14.8. The molecule has 2 rings (SSSR count). The molecule has 0 fully saturated rings. The highest BCUT2D eigenvalue weighted by Crippen LogP contribution is 2.24. The second-order valence-electron chi connectivity index (χ2n) is 4.27. The number of hydrogen-bond donors (Lipinski definition) is 1. The molecule has 0 unspecified atom stereocenters. The fourth-order valence-corrected chi connectivity index (χ4v) is 2.03. The number of nitrogens with one attached hydrogen (secondary N) is 1. The van der Waals surface area contributed by atoms with E-state index in [2.05, 4.69) is 5.32 Å². The standard InChI is InChI=1S/C15H14ClF2NO/c1-19-8-10-7-11(16)5-6-15(10)20-9-12-13(17)3-2-4-14(12)18/h2-7,19H,8-9H2,1H3. The molecular weight excluding hydrogens is 284 g/mol. The molecule has 0 aliphatic carbocycles. The molecule has 0 heterocycles. The quantitative estimate of drug-likeness (QED) is 0.903. The van der Waals surface area contributed by atoms with Gasteiger partial charge in [-0.25, -0.2) is 8.78 Å². The zero-order valence-corrected chi connectivity index (χ0v) is 11.7. The van der Waals surface area contributed by atoms with Crippen molar-refractivity contribution in [2.45, 2.75) is 13.2 Å². The molecule has 0 bridgehead atoms. The Morgan fingerprint density at radius 2 is 1.85 bits per heavy atom. The van der Waals surface area contributed by atoms with Gasteiger partial charge in [-0.15, -0.1) is 0 Å². The van der Waals surface area contributed by atoms with Crippen molar-refractivity contribution in [1.82, 2.24) is 5.32 Å². The Labute approximate surface area is 121 Å². The summed E-state index contributed by atoms with van der Waals surface area (Å²) in [5, 5.41) is 3.57. The van der Waals surface area contributed by atoms with Gasteiger partial charge in [-0.2, -0.15) is 0 Å². The Kier molecular flexibility index (Phi) is 4.93. The summed E-state index contributed by atoms with van der Waals surface area (Å²) in [6.45, 7) is 0.381. The molecule has 0 atom stereocenters. The van der Waals surface area contributed by atoms with E-state index in [9.17, 15) is 8.78 Å². The molecular formula is C15H14ClF2NO. The Hall–Kier alpha value is -1.65. The maximum absolute atomic E-state index is 13.5. The Morgan fingerprint density at radius 3 is 2.50 bits per heavy atom. The zero-order valence-electron chi connectivity index (χ0n) is 10.9. The smallest absolute Gasteiger partial charge is 0.132 e. The average Bonchev–Trinajstić information content (AvgIpc) is 2.40. The molecule has 0 aliphatic rings.